The van der Waals surface area contributed by atoms with Crippen molar-refractivity contribution in [2.75, 3.05) is 7.11 Å². The van der Waals surface area contributed by atoms with Crippen LogP contribution in [-0.2, 0) is 23.5 Å². The first-order valence-corrected chi connectivity index (χ1v) is 10.8. The second-order valence-corrected chi connectivity index (χ2v) is 7.90. The van der Waals surface area contributed by atoms with Gasteiger partial charge in [0.25, 0.3) is 5.56 Å². The Bertz CT molecular complexity index is 1260. The van der Waals surface area contributed by atoms with Crippen molar-refractivity contribution in [3.05, 3.63) is 100 Å². The maximum atomic E-state index is 13.3. The fourth-order valence-corrected chi connectivity index (χ4v) is 4.23. The van der Waals surface area contributed by atoms with Crippen LogP contribution in [0, 0.1) is 0 Å². The van der Waals surface area contributed by atoms with Crippen molar-refractivity contribution in [2.45, 2.75) is 23.9 Å². The smallest absolute Gasteiger partial charge is 0.337 e. The summed E-state index contributed by atoms with van der Waals surface area (Å²) in [5.74, 6) is 0.176. The van der Waals surface area contributed by atoms with Crippen LogP contribution in [0.2, 0.25) is 0 Å². The van der Waals surface area contributed by atoms with Crippen molar-refractivity contribution in [3.63, 3.8) is 0 Å². The van der Waals surface area contributed by atoms with Gasteiger partial charge in [-0.05, 0) is 41.8 Å². The highest BCUT2D eigenvalue weighted by molar-refractivity contribution is 7.98. The van der Waals surface area contributed by atoms with Gasteiger partial charge < -0.3 is 4.74 Å². The number of esters is 1. The van der Waals surface area contributed by atoms with E-state index < -0.39 is 5.97 Å². The number of methoxy groups -OCH3 is 1. The minimum atomic E-state index is -0.457. The highest BCUT2D eigenvalue weighted by atomic mass is 32.2. The number of carbonyl (C=O) groups is 1. The van der Waals surface area contributed by atoms with Crippen molar-refractivity contribution in [1.82, 2.24) is 14.5 Å². The van der Waals surface area contributed by atoms with Crippen LogP contribution in [-0.4, -0.2) is 27.6 Å². The van der Waals surface area contributed by atoms with Gasteiger partial charge >= 0.3 is 5.97 Å². The van der Waals surface area contributed by atoms with E-state index in [4.69, 9.17) is 9.72 Å². The predicted molar refractivity (Wildman–Crippen MR) is 121 cm³/mol. The van der Waals surface area contributed by atoms with Crippen LogP contribution in [0.4, 0.5) is 0 Å². The monoisotopic (exact) mass is 431 g/mol. The van der Waals surface area contributed by atoms with E-state index in [1.165, 1.54) is 18.9 Å². The molecule has 156 valence electrons. The van der Waals surface area contributed by atoms with Crippen molar-refractivity contribution in [1.29, 1.82) is 0 Å². The fraction of sp³-hybridized carbons (Fsp3) is 0.167. The molecule has 0 aliphatic rings. The Hall–Kier alpha value is -3.45. The van der Waals surface area contributed by atoms with E-state index in [2.05, 4.69) is 4.98 Å². The number of benzene rings is 2. The van der Waals surface area contributed by atoms with E-state index in [1.807, 2.05) is 42.5 Å². The summed E-state index contributed by atoms with van der Waals surface area (Å²) in [5, 5.41) is 1.09. The van der Waals surface area contributed by atoms with Crippen LogP contribution in [0.15, 0.2) is 83.0 Å². The molecule has 0 radical (unpaired) electrons. The first kappa shape index (κ1) is 20.8. The second kappa shape index (κ2) is 9.57. The molecule has 0 aliphatic heterocycles. The summed E-state index contributed by atoms with van der Waals surface area (Å²) in [6.07, 6.45) is 4.25. The van der Waals surface area contributed by atoms with Gasteiger partial charge in [-0.2, -0.15) is 0 Å². The Morgan fingerprint density at radius 2 is 1.87 bits per heavy atom. The lowest BCUT2D eigenvalue weighted by Gasteiger charge is -2.14. The largest absolute Gasteiger partial charge is 0.465 e. The minimum Gasteiger partial charge on any atom is -0.465 e. The third-order valence-corrected chi connectivity index (χ3v) is 5.95. The molecule has 2 aromatic carbocycles. The summed E-state index contributed by atoms with van der Waals surface area (Å²) in [6, 6.07) is 18.8. The van der Waals surface area contributed by atoms with Gasteiger partial charge in [-0.15, -0.1) is 0 Å². The fourth-order valence-electron chi connectivity index (χ4n) is 3.27. The highest BCUT2D eigenvalue weighted by Crippen LogP contribution is 2.23. The third-order valence-electron chi connectivity index (χ3n) is 4.90. The quantitative estimate of drug-likeness (QED) is 0.249. The summed E-state index contributed by atoms with van der Waals surface area (Å²) >= 11 is 1.48. The summed E-state index contributed by atoms with van der Waals surface area (Å²) in [5.41, 5.74) is 2.93. The summed E-state index contributed by atoms with van der Waals surface area (Å²) in [4.78, 5) is 34.1. The molecule has 0 unspecified atom stereocenters. The Labute approximate surface area is 183 Å². The highest BCUT2D eigenvalue weighted by Gasteiger charge is 2.15. The van der Waals surface area contributed by atoms with E-state index in [0.717, 1.165) is 11.1 Å². The van der Waals surface area contributed by atoms with Crippen LogP contribution in [0.1, 0.15) is 21.5 Å². The molecule has 2 aromatic heterocycles. The van der Waals surface area contributed by atoms with E-state index in [0.29, 0.717) is 40.3 Å². The topological polar surface area (TPSA) is 74.1 Å². The number of pyridine rings is 1. The molecule has 2 heterocycles. The molecule has 4 aromatic rings. The average molecular weight is 432 g/mol. The van der Waals surface area contributed by atoms with Gasteiger partial charge in [0, 0.05) is 24.7 Å². The number of thioether (sulfide) groups is 1. The summed E-state index contributed by atoms with van der Waals surface area (Å²) < 4.78 is 6.52. The zero-order valence-electron chi connectivity index (χ0n) is 17.0. The van der Waals surface area contributed by atoms with Gasteiger partial charge in [0.1, 0.15) is 0 Å². The minimum absolute atomic E-state index is 0.119. The molecule has 0 atom stereocenters. The molecule has 7 heteroatoms. The van der Waals surface area contributed by atoms with Gasteiger partial charge in [-0.3, -0.25) is 14.3 Å². The Balaban J connectivity index is 1.73. The molecule has 0 N–H and O–H groups in total. The first-order valence-electron chi connectivity index (χ1n) is 9.84. The lowest BCUT2D eigenvalue weighted by atomic mass is 10.1. The number of hydrogen-bond donors (Lipinski definition) is 0. The van der Waals surface area contributed by atoms with E-state index in [-0.39, 0.29) is 5.56 Å². The summed E-state index contributed by atoms with van der Waals surface area (Å²) in [7, 11) is 1.33. The maximum Gasteiger partial charge on any atom is 0.337 e. The Morgan fingerprint density at radius 3 is 2.61 bits per heavy atom. The van der Waals surface area contributed by atoms with Gasteiger partial charge in [0.15, 0.2) is 5.16 Å². The summed E-state index contributed by atoms with van der Waals surface area (Å²) in [6.45, 7) is 0.514. The number of hydrogen-bond acceptors (Lipinski definition) is 6. The van der Waals surface area contributed by atoms with Gasteiger partial charge in [-0.25, -0.2) is 9.78 Å². The maximum absolute atomic E-state index is 13.3. The normalized spacial score (nSPS) is 10.9. The molecule has 0 saturated carbocycles. The van der Waals surface area contributed by atoms with Crippen molar-refractivity contribution in [3.8, 4) is 0 Å². The molecule has 0 amide bonds. The number of aryl methyl sites for hydroxylation is 1. The van der Waals surface area contributed by atoms with Gasteiger partial charge in [-0.1, -0.05) is 48.2 Å². The molecule has 0 spiro atoms. The number of ether oxygens (including phenoxy) is 1. The Kier molecular flexibility index (Phi) is 6.43. The van der Waals surface area contributed by atoms with Gasteiger partial charge in [0.05, 0.1) is 23.6 Å². The van der Waals surface area contributed by atoms with Crippen LogP contribution in [0.3, 0.4) is 0 Å². The lowest BCUT2D eigenvalue weighted by Crippen LogP contribution is -2.24. The zero-order chi connectivity index (χ0) is 21.6. The number of nitrogens with zero attached hydrogens (tertiary/aromatic N) is 3. The van der Waals surface area contributed by atoms with E-state index in [1.54, 1.807) is 35.2 Å². The van der Waals surface area contributed by atoms with E-state index in [9.17, 15) is 9.59 Å². The molecule has 6 nitrogen and oxygen atoms in total. The van der Waals surface area contributed by atoms with Crippen LogP contribution in [0.5, 0.6) is 0 Å². The van der Waals surface area contributed by atoms with Crippen molar-refractivity contribution in [2.24, 2.45) is 0 Å². The van der Waals surface area contributed by atoms with Crippen LogP contribution in [0.25, 0.3) is 10.9 Å². The zero-order valence-corrected chi connectivity index (χ0v) is 17.8. The van der Waals surface area contributed by atoms with Crippen LogP contribution < -0.4 is 5.56 Å². The molecular formula is C24H21N3O3S. The van der Waals surface area contributed by atoms with Crippen molar-refractivity contribution >= 4 is 28.6 Å². The molecule has 0 bridgehead atoms. The molecule has 31 heavy (non-hydrogen) atoms. The molecular weight excluding hydrogens is 410 g/mol. The SMILES string of the molecule is COC(=O)c1ccc2c(=O)n(CCc3ccccc3)c(SCc3cccnc3)nc2c1. The molecule has 0 saturated heterocycles. The second-order valence-electron chi connectivity index (χ2n) is 6.96. The number of aromatic nitrogens is 3. The van der Waals surface area contributed by atoms with Gasteiger partial charge in [0.2, 0.25) is 0 Å². The first-order chi connectivity index (χ1) is 15.2. The average Bonchev–Trinajstić information content (AvgIpc) is 2.82. The molecule has 0 fully saturated rings. The number of carbonyl (C=O) groups excluding carboxylic acids is 1. The van der Waals surface area contributed by atoms with Crippen molar-refractivity contribution < 1.29 is 9.53 Å². The predicted octanol–water partition coefficient (Wildman–Crippen LogP) is 4.11. The lowest BCUT2D eigenvalue weighted by molar-refractivity contribution is 0.0601. The number of rotatable bonds is 7. The standard InChI is InChI=1S/C24H21N3O3S/c1-30-23(29)19-9-10-20-21(14-19)26-24(31-16-18-8-5-12-25-15-18)27(22(20)28)13-11-17-6-3-2-4-7-17/h2-10,12,14-15H,11,13,16H2,1H3. The number of fused-ring (bicyclic) bond motifs is 1. The van der Waals surface area contributed by atoms with E-state index >= 15 is 0 Å². The van der Waals surface area contributed by atoms with Crippen LogP contribution >= 0.6 is 11.8 Å². The Morgan fingerprint density at radius 1 is 1.06 bits per heavy atom. The molecule has 4 rings (SSSR count). The molecule has 0 aliphatic carbocycles. The third kappa shape index (κ3) is 4.83.